The van der Waals surface area contributed by atoms with Gasteiger partial charge in [-0.15, -0.1) is 0 Å². The SMILES string of the molecule is CCCCCCCC(=O)Oc1ccccc1C(=O)[O-].CCCCCCCCCCCCCCCC[N+](C)(C)C. The van der Waals surface area contributed by atoms with Crippen LogP contribution in [-0.2, 0) is 4.79 Å². The number of esters is 1. The first-order chi connectivity index (χ1) is 18.7. The lowest BCUT2D eigenvalue weighted by molar-refractivity contribution is -0.870. The number of carbonyl (C=O) groups excluding carboxylic acids is 2. The summed E-state index contributed by atoms with van der Waals surface area (Å²) in [5.41, 5.74) is -0.0955. The van der Waals surface area contributed by atoms with E-state index in [-0.39, 0.29) is 11.3 Å². The molecule has 0 aromatic heterocycles. The molecule has 0 saturated carbocycles. The van der Waals surface area contributed by atoms with Crippen LogP contribution >= 0.6 is 0 Å². The lowest BCUT2D eigenvalue weighted by Gasteiger charge is -2.23. The molecule has 5 heteroatoms. The van der Waals surface area contributed by atoms with Gasteiger partial charge in [0.15, 0.2) is 0 Å². The van der Waals surface area contributed by atoms with Gasteiger partial charge in [0.25, 0.3) is 0 Å². The monoisotopic (exact) mass is 547 g/mol. The van der Waals surface area contributed by atoms with E-state index in [0.29, 0.717) is 6.42 Å². The Labute approximate surface area is 241 Å². The lowest BCUT2D eigenvalue weighted by Crippen LogP contribution is -2.35. The van der Waals surface area contributed by atoms with Gasteiger partial charge in [-0.1, -0.05) is 129 Å². The Balaban J connectivity index is 0.000000741. The van der Waals surface area contributed by atoms with Gasteiger partial charge in [0, 0.05) is 12.0 Å². The van der Waals surface area contributed by atoms with Crippen molar-refractivity contribution in [2.45, 2.75) is 142 Å². The fraction of sp³-hybridized carbons (Fsp3) is 0.765. The van der Waals surface area contributed by atoms with Crippen LogP contribution in [0, 0.1) is 0 Å². The minimum atomic E-state index is -1.34. The van der Waals surface area contributed by atoms with Crippen LogP contribution < -0.4 is 9.84 Å². The van der Waals surface area contributed by atoms with Gasteiger partial charge >= 0.3 is 5.97 Å². The van der Waals surface area contributed by atoms with Crippen LogP contribution in [0.2, 0.25) is 0 Å². The molecule has 1 aromatic carbocycles. The van der Waals surface area contributed by atoms with Crippen LogP contribution in [0.25, 0.3) is 0 Å². The quantitative estimate of drug-likeness (QED) is 0.0596. The van der Waals surface area contributed by atoms with Gasteiger partial charge in [0.05, 0.1) is 33.7 Å². The Morgan fingerprint density at radius 3 is 1.49 bits per heavy atom. The first-order valence-corrected chi connectivity index (χ1v) is 16.0. The summed E-state index contributed by atoms with van der Waals surface area (Å²) in [4.78, 5) is 22.4. The second-order valence-electron chi connectivity index (χ2n) is 12.0. The molecule has 0 bridgehead atoms. The standard InChI is InChI=1S/C19H42N.C15H20O4/c1-5-6-7-8-9-10-11-12-13-14-15-16-17-18-19-20(2,3)4;1-2-3-4-5-6-11-14(16)19-13-10-8-7-9-12(13)15(17)18/h5-19H2,1-4H3;7-10H,2-6,11H2,1H3,(H,17,18)/q+1;/p-1. The maximum Gasteiger partial charge on any atom is 0.311 e. The van der Waals surface area contributed by atoms with Crippen LogP contribution in [0.4, 0.5) is 0 Å². The smallest absolute Gasteiger partial charge is 0.311 e. The first kappa shape index (κ1) is 37.1. The number of aromatic carboxylic acids is 1. The molecule has 226 valence electrons. The molecule has 39 heavy (non-hydrogen) atoms. The molecule has 0 unspecified atom stereocenters. The van der Waals surface area contributed by atoms with Crippen LogP contribution in [0.3, 0.4) is 0 Å². The largest absolute Gasteiger partial charge is 0.545 e. The molecule has 0 aliphatic heterocycles. The van der Waals surface area contributed by atoms with Crippen molar-refractivity contribution in [1.82, 2.24) is 0 Å². The highest BCUT2D eigenvalue weighted by Gasteiger charge is 2.09. The lowest BCUT2D eigenvalue weighted by atomic mass is 10.0. The third-order valence-corrected chi connectivity index (χ3v) is 7.00. The fourth-order valence-electron chi connectivity index (χ4n) is 4.55. The van der Waals surface area contributed by atoms with Crippen LogP contribution in [0.1, 0.15) is 153 Å². The van der Waals surface area contributed by atoms with E-state index in [1.807, 2.05) is 0 Å². The first-order valence-electron chi connectivity index (χ1n) is 16.0. The van der Waals surface area contributed by atoms with Crippen molar-refractivity contribution < 1.29 is 23.9 Å². The zero-order chi connectivity index (χ0) is 29.2. The van der Waals surface area contributed by atoms with E-state index >= 15 is 0 Å². The number of unbranched alkanes of at least 4 members (excludes halogenated alkanes) is 17. The molecule has 0 saturated heterocycles. The third kappa shape index (κ3) is 24.9. The van der Waals surface area contributed by atoms with Crippen molar-refractivity contribution in [3.63, 3.8) is 0 Å². The number of rotatable bonds is 23. The average Bonchev–Trinajstić information content (AvgIpc) is 2.88. The highest BCUT2D eigenvalue weighted by molar-refractivity contribution is 5.90. The summed E-state index contributed by atoms with van der Waals surface area (Å²) in [5.74, 6) is -1.68. The third-order valence-electron chi connectivity index (χ3n) is 7.00. The maximum absolute atomic E-state index is 11.6. The summed E-state index contributed by atoms with van der Waals surface area (Å²) in [7, 11) is 6.88. The molecule has 0 N–H and O–H groups in total. The summed E-state index contributed by atoms with van der Waals surface area (Å²) < 4.78 is 6.18. The molecule has 0 amide bonds. The molecule has 0 fully saturated rings. The molecule has 0 aliphatic rings. The second-order valence-corrected chi connectivity index (χ2v) is 12.0. The summed E-state index contributed by atoms with van der Waals surface area (Å²) >= 11 is 0. The Morgan fingerprint density at radius 2 is 1.05 bits per heavy atom. The number of quaternary nitrogens is 1. The molecule has 0 heterocycles. The number of carbonyl (C=O) groups is 2. The number of carboxylic acid groups (broad SMARTS) is 1. The molecular formula is C34H61NO4. The van der Waals surface area contributed by atoms with Crippen LogP contribution in [-0.4, -0.2) is 44.1 Å². The van der Waals surface area contributed by atoms with Crippen molar-refractivity contribution in [1.29, 1.82) is 0 Å². The normalized spacial score (nSPS) is 11.1. The van der Waals surface area contributed by atoms with Crippen molar-refractivity contribution in [3.05, 3.63) is 29.8 Å². The van der Waals surface area contributed by atoms with E-state index < -0.39 is 11.9 Å². The highest BCUT2D eigenvalue weighted by atomic mass is 16.5. The van der Waals surface area contributed by atoms with E-state index in [9.17, 15) is 14.7 Å². The summed E-state index contributed by atoms with van der Waals surface area (Å²) in [6.07, 6.45) is 25.9. The van der Waals surface area contributed by atoms with E-state index in [1.165, 1.54) is 115 Å². The predicted octanol–water partition coefficient (Wildman–Crippen LogP) is 8.49. The summed E-state index contributed by atoms with van der Waals surface area (Å²) in [6.45, 7) is 5.76. The minimum absolute atomic E-state index is 0.0565. The number of para-hydroxylation sites is 1. The van der Waals surface area contributed by atoms with Gasteiger partial charge in [-0.25, -0.2) is 0 Å². The number of nitrogens with zero attached hydrogens (tertiary/aromatic N) is 1. The highest BCUT2D eigenvalue weighted by Crippen LogP contribution is 2.18. The van der Waals surface area contributed by atoms with Gasteiger partial charge in [0.2, 0.25) is 0 Å². The number of carboxylic acids is 1. The van der Waals surface area contributed by atoms with E-state index in [2.05, 4.69) is 35.0 Å². The fourth-order valence-corrected chi connectivity index (χ4v) is 4.55. The molecule has 0 radical (unpaired) electrons. The van der Waals surface area contributed by atoms with E-state index in [1.54, 1.807) is 12.1 Å². The number of benzene rings is 1. The Kier molecular flexibility index (Phi) is 23.9. The zero-order valence-corrected chi connectivity index (χ0v) is 26.2. The average molecular weight is 548 g/mol. The Morgan fingerprint density at radius 1 is 0.641 bits per heavy atom. The maximum atomic E-state index is 11.6. The van der Waals surface area contributed by atoms with E-state index in [4.69, 9.17) is 4.74 Å². The Hall–Kier alpha value is -1.88. The van der Waals surface area contributed by atoms with Gasteiger partial charge in [-0.05, 0) is 31.4 Å². The second kappa shape index (κ2) is 25.1. The van der Waals surface area contributed by atoms with Crippen molar-refractivity contribution in [2.75, 3.05) is 27.7 Å². The number of ether oxygens (including phenoxy) is 1. The topological polar surface area (TPSA) is 66.4 Å². The minimum Gasteiger partial charge on any atom is -0.545 e. The molecule has 0 aliphatic carbocycles. The van der Waals surface area contributed by atoms with Gasteiger partial charge in [-0.3, -0.25) is 4.79 Å². The summed E-state index contributed by atoms with van der Waals surface area (Å²) in [6, 6.07) is 6.00. The van der Waals surface area contributed by atoms with Gasteiger partial charge in [0.1, 0.15) is 5.75 Å². The van der Waals surface area contributed by atoms with Crippen LogP contribution in [0.15, 0.2) is 24.3 Å². The molecule has 5 nitrogen and oxygen atoms in total. The molecule has 1 rings (SSSR count). The number of hydrogen-bond donors (Lipinski definition) is 0. The van der Waals surface area contributed by atoms with Crippen molar-refractivity contribution in [2.24, 2.45) is 0 Å². The molecule has 1 aromatic rings. The van der Waals surface area contributed by atoms with Crippen LogP contribution in [0.5, 0.6) is 5.75 Å². The predicted molar refractivity (Wildman–Crippen MR) is 163 cm³/mol. The number of hydrogen-bond acceptors (Lipinski definition) is 4. The Bertz CT molecular complexity index is 726. The summed E-state index contributed by atoms with van der Waals surface area (Å²) in [5, 5.41) is 10.8. The van der Waals surface area contributed by atoms with Gasteiger partial charge in [-0.2, -0.15) is 0 Å². The zero-order valence-electron chi connectivity index (χ0n) is 26.2. The van der Waals surface area contributed by atoms with Crippen molar-refractivity contribution in [3.8, 4) is 5.75 Å². The molecular weight excluding hydrogens is 486 g/mol. The van der Waals surface area contributed by atoms with Gasteiger partial charge < -0.3 is 19.1 Å². The van der Waals surface area contributed by atoms with Crippen molar-refractivity contribution >= 4 is 11.9 Å². The molecule has 0 atom stereocenters. The van der Waals surface area contributed by atoms with E-state index in [0.717, 1.165) is 30.2 Å². The molecule has 0 spiro atoms.